The van der Waals surface area contributed by atoms with Crippen molar-refractivity contribution in [1.82, 2.24) is 15.2 Å². The molecule has 1 aromatic heterocycles. The minimum absolute atomic E-state index is 0. The van der Waals surface area contributed by atoms with Crippen molar-refractivity contribution in [1.29, 1.82) is 0 Å². The molecule has 122 valence electrons. The van der Waals surface area contributed by atoms with E-state index in [4.69, 9.17) is 0 Å². The van der Waals surface area contributed by atoms with Crippen LogP contribution in [0.5, 0.6) is 0 Å². The van der Waals surface area contributed by atoms with Crippen molar-refractivity contribution in [2.24, 2.45) is 4.99 Å². The number of nitrogens with zero attached hydrogens (tertiary/aromatic N) is 2. The zero-order valence-electron chi connectivity index (χ0n) is 12.6. The predicted octanol–water partition coefficient (Wildman–Crippen LogP) is 1.10. The van der Waals surface area contributed by atoms with Crippen molar-refractivity contribution < 1.29 is 8.42 Å². The summed E-state index contributed by atoms with van der Waals surface area (Å²) in [7, 11) is -2.95. The molecule has 0 bridgehead atoms. The lowest BCUT2D eigenvalue weighted by molar-refractivity contribution is 0.597. The molecule has 1 heterocycles. The fourth-order valence-corrected chi connectivity index (χ4v) is 2.26. The van der Waals surface area contributed by atoms with Crippen LogP contribution in [0.3, 0.4) is 0 Å². The van der Waals surface area contributed by atoms with Gasteiger partial charge in [0.25, 0.3) is 0 Å². The Morgan fingerprint density at radius 2 is 1.86 bits per heavy atom. The van der Waals surface area contributed by atoms with Gasteiger partial charge in [-0.25, -0.2) is 8.42 Å². The number of nitrogens with one attached hydrogen (secondary N) is 2. The molecule has 0 saturated heterocycles. The van der Waals surface area contributed by atoms with Gasteiger partial charge in [-0.2, -0.15) is 0 Å². The topological polar surface area (TPSA) is 75.5 Å². The van der Waals surface area contributed by atoms with Crippen LogP contribution in [0.2, 0.25) is 0 Å². The normalized spacial score (nSPS) is 11.8. The summed E-state index contributed by atoms with van der Waals surface area (Å²) in [6, 6.07) is 3.96. The number of guanidine groups is 1. The molecule has 0 aliphatic heterocycles. The maximum absolute atomic E-state index is 11.4. The number of hydrogen-bond acceptors (Lipinski definition) is 3. The highest BCUT2D eigenvalue weighted by atomic mass is 127. The lowest BCUT2D eigenvalue weighted by Gasteiger charge is -2.11. The van der Waals surface area contributed by atoms with E-state index in [9.17, 15) is 8.42 Å². The van der Waals surface area contributed by atoms with Crippen LogP contribution < -0.4 is 10.6 Å². The van der Waals surface area contributed by atoms with E-state index in [-0.39, 0.29) is 42.0 Å². The second-order valence-corrected chi connectivity index (χ2v) is 6.82. The Hall–Kier alpha value is -0.770. The van der Waals surface area contributed by atoms with Gasteiger partial charge in [-0.05, 0) is 19.1 Å². The van der Waals surface area contributed by atoms with Crippen LogP contribution in [0.15, 0.2) is 29.5 Å². The summed E-state index contributed by atoms with van der Waals surface area (Å²) in [4.78, 5) is 4.27. The third-order valence-corrected chi connectivity index (χ3v) is 4.47. The maximum Gasteiger partial charge on any atom is 0.191 e. The number of aliphatic imine (C=N–C) groups is 1. The van der Waals surface area contributed by atoms with Crippen molar-refractivity contribution >= 4 is 39.8 Å². The molecule has 8 heteroatoms. The van der Waals surface area contributed by atoms with Crippen LogP contribution in [0.25, 0.3) is 0 Å². The number of aromatic nitrogens is 1. The average molecular weight is 428 g/mol. The average Bonchev–Trinajstić information content (AvgIpc) is 2.92. The fourth-order valence-electron chi connectivity index (χ4n) is 1.61. The van der Waals surface area contributed by atoms with Crippen LogP contribution in [0, 0.1) is 0 Å². The molecule has 2 N–H and O–H groups in total. The van der Waals surface area contributed by atoms with Crippen molar-refractivity contribution in [3.05, 3.63) is 24.5 Å². The summed E-state index contributed by atoms with van der Waals surface area (Å²) in [6.07, 6.45) is 4.00. The number of rotatable bonds is 8. The van der Waals surface area contributed by atoms with Gasteiger partial charge in [-0.3, -0.25) is 4.99 Å². The van der Waals surface area contributed by atoms with E-state index in [1.165, 1.54) is 0 Å². The third kappa shape index (κ3) is 8.97. The molecule has 0 aliphatic carbocycles. The first-order chi connectivity index (χ1) is 9.57. The minimum Gasteiger partial charge on any atom is -0.357 e. The molecule has 0 fully saturated rings. The van der Waals surface area contributed by atoms with Crippen molar-refractivity contribution in [3.63, 3.8) is 0 Å². The molecule has 0 saturated carbocycles. The lowest BCUT2D eigenvalue weighted by atomic mass is 10.6. The molecule has 21 heavy (non-hydrogen) atoms. The van der Waals surface area contributed by atoms with Gasteiger partial charge in [0.05, 0.1) is 12.3 Å². The first kappa shape index (κ1) is 20.2. The van der Waals surface area contributed by atoms with Gasteiger partial charge in [0.1, 0.15) is 0 Å². The lowest BCUT2D eigenvalue weighted by Crippen LogP contribution is -2.39. The Morgan fingerprint density at radius 3 is 2.43 bits per heavy atom. The second kappa shape index (κ2) is 10.9. The van der Waals surface area contributed by atoms with E-state index in [1.54, 1.807) is 6.92 Å². The largest absolute Gasteiger partial charge is 0.357 e. The van der Waals surface area contributed by atoms with Crippen LogP contribution in [-0.2, 0) is 16.4 Å². The van der Waals surface area contributed by atoms with Crippen LogP contribution in [-0.4, -0.2) is 50.1 Å². The van der Waals surface area contributed by atoms with Crippen LogP contribution in [0.4, 0.5) is 0 Å². The molecular weight excluding hydrogens is 403 g/mol. The molecule has 0 amide bonds. The van der Waals surface area contributed by atoms with Gasteiger partial charge in [0.15, 0.2) is 15.8 Å². The molecule has 0 unspecified atom stereocenters. The quantitative estimate of drug-likeness (QED) is 0.370. The smallest absolute Gasteiger partial charge is 0.191 e. The number of hydrogen-bond donors (Lipinski definition) is 2. The summed E-state index contributed by atoms with van der Waals surface area (Å²) in [5, 5.41) is 6.29. The molecule has 0 aliphatic rings. The van der Waals surface area contributed by atoms with Gasteiger partial charge in [0.2, 0.25) is 0 Å². The molecule has 0 atom stereocenters. The highest BCUT2D eigenvalue weighted by Gasteiger charge is 2.06. The maximum atomic E-state index is 11.4. The Bertz CT molecular complexity index is 500. The van der Waals surface area contributed by atoms with E-state index in [2.05, 4.69) is 20.2 Å². The molecule has 0 radical (unpaired) electrons. The van der Waals surface area contributed by atoms with Gasteiger partial charge in [-0.1, -0.05) is 6.92 Å². The van der Waals surface area contributed by atoms with Gasteiger partial charge < -0.3 is 15.2 Å². The van der Waals surface area contributed by atoms with E-state index < -0.39 is 9.84 Å². The second-order valence-electron chi connectivity index (χ2n) is 4.34. The monoisotopic (exact) mass is 428 g/mol. The van der Waals surface area contributed by atoms with Gasteiger partial charge in [-0.15, -0.1) is 24.0 Å². The Morgan fingerprint density at radius 1 is 1.19 bits per heavy atom. The van der Waals surface area contributed by atoms with Gasteiger partial charge in [0, 0.05) is 37.8 Å². The number of halogens is 1. The van der Waals surface area contributed by atoms with E-state index in [0.717, 1.165) is 19.6 Å². The molecule has 0 spiro atoms. The molecular formula is C13H25IN4O2S. The summed E-state index contributed by atoms with van der Waals surface area (Å²) in [5.41, 5.74) is 0. The minimum atomic E-state index is -2.95. The molecule has 1 aromatic rings. The number of sulfone groups is 1. The highest BCUT2D eigenvalue weighted by Crippen LogP contribution is 1.90. The van der Waals surface area contributed by atoms with E-state index in [0.29, 0.717) is 5.96 Å². The Balaban J connectivity index is 0.00000400. The zero-order chi connectivity index (χ0) is 14.8. The Kier molecular flexibility index (Phi) is 10.5. The summed E-state index contributed by atoms with van der Waals surface area (Å²) < 4.78 is 24.9. The van der Waals surface area contributed by atoms with E-state index in [1.807, 2.05) is 31.5 Å². The van der Waals surface area contributed by atoms with Gasteiger partial charge >= 0.3 is 0 Å². The van der Waals surface area contributed by atoms with Crippen molar-refractivity contribution in [3.8, 4) is 0 Å². The molecule has 6 nitrogen and oxygen atoms in total. The first-order valence-corrected chi connectivity index (χ1v) is 8.73. The SMILES string of the molecule is CCNC(=NCCS(=O)(=O)CC)NCCn1cccc1.I. The standard InChI is InChI=1S/C13H24N4O2S.HI/c1-3-14-13(16-8-12-20(18,19)4-2)15-7-11-17-9-5-6-10-17;/h5-6,9-10H,3-4,7-8,11-12H2,1-2H3,(H2,14,15,16);1H. The summed E-state index contributed by atoms with van der Waals surface area (Å²) in [6.45, 7) is 6.24. The zero-order valence-corrected chi connectivity index (χ0v) is 15.7. The summed E-state index contributed by atoms with van der Waals surface area (Å²) >= 11 is 0. The molecule has 1 rings (SSSR count). The third-order valence-electron chi connectivity index (χ3n) is 2.78. The van der Waals surface area contributed by atoms with Crippen molar-refractivity contribution in [2.75, 3.05) is 31.1 Å². The van der Waals surface area contributed by atoms with Crippen LogP contribution in [0.1, 0.15) is 13.8 Å². The predicted molar refractivity (Wildman–Crippen MR) is 98.2 cm³/mol. The van der Waals surface area contributed by atoms with E-state index >= 15 is 0 Å². The van der Waals surface area contributed by atoms with Crippen LogP contribution >= 0.6 is 24.0 Å². The first-order valence-electron chi connectivity index (χ1n) is 6.90. The summed E-state index contributed by atoms with van der Waals surface area (Å²) in [5.74, 6) is 0.920. The van der Waals surface area contributed by atoms with Crippen molar-refractivity contribution in [2.45, 2.75) is 20.4 Å². The molecule has 0 aromatic carbocycles. The highest BCUT2D eigenvalue weighted by molar-refractivity contribution is 14.0. The Labute approximate surface area is 144 Å². The fraction of sp³-hybridized carbons (Fsp3) is 0.615.